The minimum Gasteiger partial charge on any atom is -0.301 e. The molecular formula is C13H16N6S. The normalized spacial score (nSPS) is 29.4. The number of hydrogen-bond donors (Lipinski definition) is 3. The zero-order chi connectivity index (χ0) is 14.2. The molecule has 2 aromatic heterocycles. The van der Waals surface area contributed by atoms with Crippen molar-refractivity contribution in [3.8, 4) is 0 Å². The average Bonchev–Trinajstić information content (AvgIpc) is 3.07. The van der Waals surface area contributed by atoms with E-state index in [-0.39, 0.29) is 0 Å². The molecule has 0 amide bonds. The monoisotopic (exact) mass is 288 g/mol. The highest BCUT2D eigenvalue weighted by Crippen LogP contribution is 2.47. The van der Waals surface area contributed by atoms with E-state index in [0.717, 1.165) is 17.0 Å². The number of rotatable bonds is 3. The number of pyridine rings is 1. The molecule has 6 nitrogen and oxygen atoms in total. The summed E-state index contributed by atoms with van der Waals surface area (Å²) in [5.41, 5.74) is 9.01. The Morgan fingerprint density at radius 3 is 2.85 bits per heavy atom. The molecule has 2 aromatic rings. The van der Waals surface area contributed by atoms with Crippen molar-refractivity contribution < 1.29 is 0 Å². The third-order valence-electron chi connectivity index (χ3n) is 3.37. The van der Waals surface area contributed by atoms with Gasteiger partial charge < -0.3 is 5.32 Å². The Kier molecular flexibility index (Phi) is 3.12. The van der Waals surface area contributed by atoms with E-state index in [0.29, 0.717) is 0 Å². The molecule has 0 spiro atoms. The molecule has 104 valence electrons. The summed E-state index contributed by atoms with van der Waals surface area (Å²) >= 11 is 1.53. The lowest BCUT2D eigenvalue weighted by Crippen LogP contribution is -2.43. The van der Waals surface area contributed by atoms with Gasteiger partial charge in [0.25, 0.3) is 0 Å². The lowest BCUT2D eigenvalue weighted by molar-refractivity contribution is 0.677. The number of nitrogens with zero attached hydrogens (tertiary/aromatic N) is 3. The van der Waals surface area contributed by atoms with Gasteiger partial charge in [0.05, 0.1) is 17.6 Å². The number of aromatic nitrogens is 3. The molecule has 0 aliphatic carbocycles. The Morgan fingerprint density at radius 1 is 1.40 bits per heavy atom. The van der Waals surface area contributed by atoms with Gasteiger partial charge in [-0.05, 0) is 26.1 Å². The summed E-state index contributed by atoms with van der Waals surface area (Å²) in [6.07, 6.45) is 5.30. The van der Waals surface area contributed by atoms with Crippen molar-refractivity contribution in [3.63, 3.8) is 0 Å². The third-order valence-corrected chi connectivity index (χ3v) is 4.79. The van der Waals surface area contributed by atoms with Gasteiger partial charge in [0.2, 0.25) is 4.99 Å². The zero-order valence-electron chi connectivity index (χ0n) is 11.3. The van der Waals surface area contributed by atoms with Crippen LogP contribution in [0.3, 0.4) is 0 Å². The van der Waals surface area contributed by atoms with Gasteiger partial charge in [-0.25, -0.2) is 4.99 Å². The molecule has 0 saturated heterocycles. The van der Waals surface area contributed by atoms with Crippen molar-refractivity contribution in [1.29, 1.82) is 0 Å². The van der Waals surface area contributed by atoms with Gasteiger partial charge >= 0.3 is 0 Å². The average molecular weight is 288 g/mol. The maximum Gasteiger partial charge on any atom is 0.201 e. The Hall–Kier alpha value is -1.70. The molecule has 0 saturated carbocycles. The lowest BCUT2D eigenvalue weighted by Gasteiger charge is -2.27. The van der Waals surface area contributed by atoms with Crippen molar-refractivity contribution >= 4 is 17.5 Å². The van der Waals surface area contributed by atoms with Crippen molar-refractivity contribution in [2.45, 2.75) is 16.8 Å². The Morgan fingerprint density at radius 2 is 2.25 bits per heavy atom. The van der Waals surface area contributed by atoms with E-state index < -0.39 is 9.87 Å². The summed E-state index contributed by atoms with van der Waals surface area (Å²) in [4.78, 5) is 7.78. The van der Waals surface area contributed by atoms with Gasteiger partial charge in [0.15, 0.2) is 0 Å². The fraction of sp³-hybridized carbons (Fsp3) is 0.308. The van der Waals surface area contributed by atoms with Crippen LogP contribution >= 0.6 is 11.8 Å². The van der Waals surface area contributed by atoms with E-state index in [1.54, 1.807) is 12.4 Å². The van der Waals surface area contributed by atoms with Crippen LogP contribution in [0.1, 0.15) is 18.2 Å². The first kappa shape index (κ1) is 13.3. The first-order chi connectivity index (χ1) is 9.57. The topological polar surface area (TPSA) is 92.0 Å². The maximum absolute atomic E-state index is 6.47. The van der Waals surface area contributed by atoms with E-state index in [4.69, 9.17) is 10.7 Å². The molecular weight excluding hydrogens is 272 g/mol. The minimum atomic E-state index is -0.897. The quantitative estimate of drug-likeness (QED) is 0.785. The van der Waals surface area contributed by atoms with Gasteiger partial charge in [-0.15, -0.1) is 0 Å². The highest BCUT2D eigenvalue weighted by Gasteiger charge is 2.48. The molecule has 2 unspecified atom stereocenters. The minimum absolute atomic E-state index is 0.393. The van der Waals surface area contributed by atoms with E-state index in [1.165, 1.54) is 11.8 Å². The zero-order valence-corrected chi connectivity index (χ0v) is 12.1. The Labute approximate surface area is 121 Å². The van der Waals surface area contributed by atoms with E-state index >= 15 is 0 Å². The van der Waals surface area contributed by atoms with Crippen LogP contribution in [-0.2, 0) is 4.99 Å². The fourth-order valence-corrected chi connectivity index (χ4v) is 3.58. The van der Waals surface area contributed by atoms with Crippen molar-refractivity contribution in [2.24, 2.45) is 10.7 Å². The van der Waals surface area contributed by atoms with Gasteiger partial charge in [-0.1, -0.05) is 17.8 Å². The summed E-state index contributed by atoms with van der Waals surface area (Å²) in [5, 5.41) is 10.1. The molecule has 0 bridgehead atoms. The molecule has 20 heavy (non-hydrogen) atoms. The number of nitrogens with one attached hydrogen (secondary N) is 2. The van der Waals surface area contributed by atoms with Crippen LogP contribution in [0.4, 0.5) is 0 Å². The second-order valence-corrected chi connectivity index (χ2v) is 6.39. The fourth-order valence-electron chi connectivity index (χ4n) is 2.23. The van der Waals surface area contributed by atoms with Crippen molar-refractivity contribution in [3.05, 3.63) is 48.0 Å². The van der Waals surface area contributed by atoms with E-state index in [9.17, 15) is 0 Å². The standard InChI is InChI=1S/C13H16N6S/c1-12(15-2)11(9-7-17-18-8-9)19-13(14,20-12)10-5-3-4-6-16-10/h3-8,15H,14H2,1-2H3,(H,17,18). The number of thioether (sulfide) groups is 1. The highest BCUT2D eigenvalue weighted by molar-refractivity contribution is 8.02. The summed E-state index contributed by atoms with van der Waals surface area (Å²) in [7, 11) is 1.90. The van der Waals surface area contributed by atoms with Gasteiger partial charge in [0, 0.05) is 18.0 Å². The largest absolute Gasteiger partial charge is 0.301 e. The highest BCUT2D eigenvalue weighted by atomic mass is 32.2. The molecule has 1 aliphatic heterocycles. The Balaban J connectivity index is 2.09. The molecule has 0 aromatic carbocycles. The van der Waals surface area contributed by atoms with Crippen molar-refractivity contribution in [2.75, 3.05) is 7.05 Å². The second kappa shape index (κ2) is 4.69. The number of nitrogens with two attached hydrogens (primary N) is 1. The number of aliphatic imine (C=N–C) groups is 1. The first-order valence-electron chi connectivity index (χ1n) is 6.26. The van der Waals surface area contributed by atoms with Gasteiger partial charge in [0.1, 0.15) is 4.87 Å². The molecule has 3 rings (SSSR count). The smallest absolute Gasteiger partial charge is 0.201 e. The third kappa shape index (κ3) is 2.04. The molecule has 4 N–H and O–H groups in total. The molecule has 0 fully saturated rings. The first-order valence-corrected chi connectivity index (χ1v) is 7.08. The number of aromatic amines is 1. The number of hydrogen-bond acceptors (Lipinski definition) is 6. The summed E-state index contributed by atoms with van der Waals surface area (Å²) in [6.45, 7) is 2.06. The van der Waals surface area contributed by atoms with Crippen LogP contribution in [0.15, 0.2) is 41.8 Å². The predicted molar refractivity (Wildman–Crippen MR) is 80.3 cm³/mol. The number of H-pyrrole nitrogens is 1. The van der Waals surface area contributed by atoms with Crippen LogP contribution in [0.2, 0.25) is 0 Å². The molecule has 3 heterocycles. The molecule has 0 radical (unpaired) electrons. The van der Waals surface area contributed by atoms with Crippen LogP contribution in [0.25, 0.3) is 0 Å². The Bertz CT molecular complexity index is 626. The lowest BCUT2D eigenvalue weighted by atomic mass is 10.1. The van der Waals surface area contributed by atoms with E-state index in [1.807, 2.05) is 31.4 Å². The summed E-state index contributed by atoms with van der Waals surface area (Å²) in [6, 6.07) is 5.68. The number of likely N-dealkylation sites (N-methyl/N-ethyl adjacent to an activating group) is 1. The SMILES string of the molecule is CNC1(C)SC(N)(c2ccccn2)N=C1c1cn[nH]c1. The van der Waals surface area contributed by atoms with Crippen LogP contribution < -0.4 is 11.1 Å². The molecule has 1 aliphatic rings. The summed E-state index contributed by atoms with van der Waals surface area (Å²) in [5.74, 6) is 0. The maximum atomic E-state index is 6.47. The van der Waals surface area contributed by atoms with Crippen LogP contribution in [0, 0.1) is 0 Å². The van der Waals surface area contributed by atoms with Crippen molar-refractivity contribution in [1.82, 2.24) is 20.5 Å². The van der Waals surface area contributed by atoms with Crippen LogP contribution in [0.5, 0.6) is 0 Å². The molecule has 7 heteroatoms. The molecule has 2 atom stereocenters. The predicted octanol–water partition coefficient (Wildman–Crippen LogP) is 1.05. The van der Waals surface area contributed by atoms with E-state index in [2.05, 4.69) is 27.4 Å². The second-order valence-electron chi connectivity index (χ2n) is 4.74. The van der Waals surface area contributed by atoms with Gasteiger partial charge in [-0.2, -0.15) is 5.10 Å². The summed E-state index contributed by atoms with van der Waals surface area (Å²) < 4.78 is 0. The van der Waals surface area contributed by atoms with Gasteiger partial charge in [-0.3, -0.25) is 15.8 Å². The van der Waals surface area contributed by atoms with Crippen LogP contribution in [-0.4, -0.2) is 32.8 Å².